The molecule has 0 amide bonds. The molecule has 0 aromatic heterocycles. The molecule has 118 valence electrons. The summed E-state index contributed by atoms with van der Waals surface area (Å²) in [5.74, 6) is 0.775. The SMILES string of the molecule is CC(C)CCCN1CCN(Cc2ccccc2)C[C@H](O)C1. The van der Waals surface area contributed by atoms with E-state index in [-0.39, 0.29) is 6.10 Å². The van der Waals surface area contributed by atoms with E-state index in [1.807, 2.05) is 0 Å². The van der Waals surface area contributed by atoms with Gasteiger partial charge >= 0.3 is 0 Å². The molecule has 1 aromatic carbocycles. The van der Waals surface area contributed by atoms with Gasteiger partial charge in [0.25, 0.3) is 0 Å². The highest BCUT2D eigenvalue weighted by atomic mass is 16.3. The zero-order chi connectivity index (χ0) is 15.1. The van der Waals surface area contributed by atoms with Crippen LogP contribution < -0.4 is 0 Å². The van der Waals surface area contributed by atoms with Crippen LogP contribution in [0.1, 0.15) is 32.3 Å². The van der Waals surface area contributed by atoms with Crippen molar-refractivity contribution < 1.29 is 5.11 Å². The maximum absolute atomic E-state index is 10.2. The molecule has 3 heteroatoms. The fourth-order valence-corrected chi connectivity index (χ4v) is 3.03. The number of nitrogens with zero attached hydrogens (tertiary/aromatic N) is 2. The number of hydrogen-bond acceptors (Lipinski definition) is 3. The largest absolute Gasteiger partial charge is 0.390 e. The lowest BCUT2D eigenvalue weighted by atomic mass is 10.1. The standard InChI is InChI=1S/C18H30N2O/c1-16(2)7-6-10-19-11-12-20(15-18(21)14-19)13-17-8-4-3-5-9-17/h3-5,8-9,16,18,21H,6-7,10-15H2,1-2H3/t18-/m1/s1. The van der Waals surface area contributed by atoms with Crippen molar-refractivity contribution in [2.45, 2.75) is 39.3 Å². The summed E-state index contributed by atoms with van der Waals surface area (Å²) in [6, 6.07) is 10.6. The molecule has 0 bridgehead atoms. The van der Waals surface area contributed by atoms with Crippen molar-refractivity contribution >= 4 is 0 Å². The molecule has 1 aliphatic heterocycles. The number of benzene rings is 1. The summed E-state index contributed by atoms with van der Waals surface area (Å²) < 4.78 is 0. The Morgan fingerprint density at radius 3 is 2.48 bits per heavy atom. The first-order valence-electron chi connectivity index (χ1n) is 8.30. The molecule has 0 unspecified atom stereocenters. The maximum atomic E-state index is 10.2. The Morgan fingerprint density at radius 1 is 1.10 bits per heavy atom. The third-order valence-electron chi connectivity index (χ3n) is 4.18. The summed E-state index contributed by atoms with van der Waals surface area (Å²) in [4.78, 5) is 4.81. The molecule has 0 aliphatic carbocycles. The van der Waals surface area contributed by atoms with E-state index in [1.165, 1.54) is 18.4 Å². The van der Waals surface area contributed by atoms with Crippen molar-refractivity contribution in [3.05, 3.63) is 35.9 Å². The quantitative estimate of drug-likeness (QED) is 0.872. The van der Waals surface area contributed by atoms with E-state index < -0.39 is 0 Å². The molecule has 1 fully saturated rings. The van der Waals surface area contributed by atoms with Crippen molar-refractivity contribution in [1.29, 1.82) is 0 Å². The van der Waals surface area contributed by atoms with Crippen LogP contribution in [-0.2, 0) is 6.54 Å². The highest BCUT2D eigenvalue weighted by Gasteiger charge is 2.20. The molecule has 1 aromatic rings. The predicted molar refractivity (Wildman–Crippen MR) is 88.2 cm³/mol. The van der Waals surface area contributed by atoms with Crippen molar-refractivity contribution in [1.82, 2.24) is 9.80 Å². The van der Waals surface area contributed by atoms with Crippen molar-refractivity contribution in [3.8, 4) is 0 Å². The Labute approximate surface area is 129 Å². The zero-order valence-corrected chi connectivity index (χ0v) is 13.5. The number of hydrogen-bond donors (Lipinski definition) is 1. The smallest absolute Gasteiger partial charge is 0.0793 e. The second kappa shape index (κ2) is 8.52. The fourth-order valence-electron chi connectivity index (χ4n) is 3.03. The molecule has 0 spiro atoms. The molecule has 1 heterocycles. The number of aliphatic hydroxyl groups excluding tert-OH is 1. The van der Waals surface area contributed by atoms with Crippen LogP contribution in [-0.4, -0.2) is 53.7 Å². The minimum absolute atomic E-state index is 0.227. The van der Waals surface area contributed by atoms with Crippen LogP contribution in [0.2, 0.25) is 0 Å². The Hall–Kier alpha value is -0.900. The van der Waals surface area contributed by atoms with Crippen molar-refractivity contribution in [2.75, 3.05) is 32.7 Å². The van der Waals surface area contributed by atoms with Gasteiger partial charge in [-0.15, -0.1) is 0 Å². The average molecular weight is 290 g/mol. The molecular formula is C18H30N2O. The first-order chi connectivity index (χ1) is 10.1. The molecule has 2 rings (SSSR count). The average Bonchev–Trinajstić information content (AvgIpc) is 2.61. The molecule has 1 atom stereocenters. The summed E-state index contributed by atoms with van der Waals surface area (Å²) in [5.41, 5.74) is 1.33. The van der Waals surface area contributed by atoms with Crippen LogP contribution in [0.25, 0.3) is 0 Å². The van der Waals surface area contributed by atoms with Crippen LogP contribution in [0.4, 0.5) is 0 Å². The lowest BCUT2D eigenvalue weighted by molar-refractivity contribution is 0.107. The molecule has 21 heavy (non-hydrogen) atoms. The van der Waals surface area contributed by atoms with Gasteiger partial charge in [0.15, 0.2) is 0 Å². The monoisotopic (exact) mass is 290 g/mol. The molecule has 0 radical (unpaired) electrons. The minimum Gasteiger partial charge on any atom is -0.390 e. The number of rotatable bonds is 6. The first-order valence-corrected chi connectivity index (χ1v) is 8.30. The minimum atomic E-state index is -0.227. The van der Waals surface area contributed by atoms with Gasteiger partial charge in [-0.2, -0.15) is 0 Å². The van der Waals surface area contributed by atoms with E-state index in [9.17, 15) is 5.11 Å². The van der Waals surface area contributed by atoms with Gasteiger partial charge in [0.2, 0.25) is 0 Å². The van der Waals surface area contributed by atoms with E-state index in [0.717, 1.165) is 45.2 Å². The third-order valence-corrected chi connectivity index (χ3v) is 4.18. The summed E-state index contributed by atoms with van der Waals surface area (Å²) in [6.07, 6.45) is 2.29. The highest BCUT2D eigenvalue weighted by molar-refractivity contribution is 5.14. The number of aliphatic hydroxyl groups is 1. The van der Waals surface area contributed by atoms with Gasteiger partial charge in [0, 0.05) is 32.7 Å². The molecule has 3 nitrogen and oxygen atoms in total. The van der Waals surface area contributed by atoms with Crippen LogP contribution in [0.5, 0.6) is 0 Å². The van der Waals surface area contributed by atoms with Gasteiger partial charge in [-0.1, -0.05) is 44.2 Å². The second-order valence-electron chi connectivity index (χ2n) is 6.71. The van der Waals surface area contributed by atoms with Crippen LogP contribution in [0, 0.1) is 5.92 Å². The summed E-state index contributed by atoms with van der Waals surface area (Å²) in [5, 5.41) is 10.2. The van der Waals surface area contributed by atoms with Gasteiger partial charge in [-0.3, -0.25) is 9.80 Å². The van der Waals surface area contributed by atoms with E-state index >= 15 is 0 Å². The first kappa shape index (κ1) is 16.5. The van der Waals surface area contributed by atoms with Gasteiger partial charge < -0.3 is 5.11 Å². The normalized spacial score (nSPS) is 21.6. The topological polar surface area (TPSA) is 26.7 Å². The molecule has 1 saturated heterocycles. The summed E-state index contributed by atoms with van der Waals surface area (Å²) in [7, 11) is 0. The molecular weight excluding hydrogens is 260 g/mol. The van der Waals surface area contributed by atoms with Gasteiger partial charge in [0.05, 0.1) is 6.10 Å². The summed E-state index contributed by atoms with van der Waals surface area (Å²) in [6.45, 7) is 10.3. The van der Waals surface area contributed by atoms with Gasteiger partial charge in [0.1, 0.15) is 0 Å². The van der Waals surface area contributed by atoms with E-state index in [4.69, 9.17) is 0 Å². The Bertz CT molecular complexity index is 393. The summed E-state index contributed by atoms with van der Waals surface area (Å²) >= 11 is 0. The van der Waals surface area contributed by atoms with E-state index in [2.05, 4.69) is 54.0 Å². The highest BCUT2D eigenvalue weighted by Crippen LogP contribution is 2.11. The van der Waals surface area contributed by atoms with Crippen molar-refractivity contribution in [2.24, 2.45) is 5.92 Å². The van der Waals surface area contributed by atoms with Gasteiger partial charge in [-0.05, 0) is 30.9 Å². The van der Waals surface area contributed by atoms with E-state index in [0.29, 0.717) is 0 Å². The van der Waals surface area contributed by atoms with Crippen molar-refractivity contribution in [3.63, 3.8) is 0 Å². The Morgan fingerprint density at radius 2 is 1.76 bits per heavy atom. The predicted octanol–water partition coefficient (Wildman–Crippen LogP) is 2.60. The van der Waals surface area contributed by atoms with Crippen LogP contribution in [0.15, 0.2) is 30.3 Å². The molecule has 1 aliphatic rings. The third kappa shape index (κ3) is 6.16. The Kier molecular flexibility index (Phi) is 6.68. The lowest BCUT2D eigenvalue weighted by Crippen LogP contribution is -2.33. The van der Waals surface area contributed by atoms with Crippen LogP contribution >= 0.6 is 0 Å². The van der Waals surface area contributed by atoms with Gasteiger partial charge in [-0.25, -0.2) is 0 Å². The number of β-amino-alcohol motifs (C(OH)–C–C–N with tert-alkyl or cyclic N) is 1. The van der Waals surface area contributed by atoms with E-state index in [1.54, 1.807) is 0 Å². The Balaban J connectivity index is 1.80. The zero-order valence-electron chi connectivity index (χ0n) is 13.5. The second-order valence-corrected chi connectivity index (χ2v) is 6.71. The fraction of sp³-hybridized carbons (Fsp3) is 0.667. The van der Waals surface area contributed by atoms with Crippen LogP contribution in [0.3, 0.4) is 0 Å². The molecule has 0 saturated carbocycles. The lowest BCUT2D eigenvalue weighted by Gasteiger charge is -2.21. The maximum Gasteiger partial charge on any atom is 0.0793 e. The molecule has 1 N–H and O–H groups in total.